The normalized spacial score (nSPS) is 31.3. The minimum atomic E-state index is -0.575. The molecule has 0 aromatic carbocycles. The van der Waals surface area contributed by atoms with E-state index in [9.17, 15) is 4.79 Å². The Morgan fingerprint density at radius 2 is 2.33 bits per heavy atom. The first-order valence-electron chi connectivity index (χ1n) is 4.50. The molecule has 3 nitrogen and oxygen atoms in total. The van der Waals surface area contributed by atoms with Crippen molar-refractivity contribution in [2.75, 3.05) is 13.2 Å². The lowest BCUT2D eigenvalue weighted by Crippen LogP contribution is -2.51. The number of hydrogen-bond donors (Lipinski definition) is 1. The van der Waals surface area contributed by atoms with Crippen molar-refractivity contribution in [2.45, 2.75) is 38.3 Å². The first-order chi connectivity index (χ1) is 5.66. The van der Waals surface area contributed by atoms with E-state index >= 15 is 0 Å². The molecule has 0 aliphatic carbocycles. The molecule has 1 N–H and O–H groups in total. The van der Waals surface area contributed by atoms with Gasteiger partial charge in [0.2, 0.25) is 0 Å². The summed E-state index contributed by atoms with van der Waals surface area (Å²) in [6.45, 7) is 4.99. The molecule has 1 saturated heterocycles. The van der Waals surface area contributed by atoms with Gasteiger partial charge in [-0.1, -0.05) is 0 Å². The van der Waals surface area contributed by atoms with Crippen LogP contribution in [0.2, 0.25) is 0 Å². The third-order valence-corrected chi connectivity index (χ3v) is 2.70. The van der Waals surface area contributed by atoms with Crippen LogP contribution < -0.4 is 0 Å². The van der Waals surface area contributed by atoms with Gasteiger partial charge in [0.1, 0.15) is 11.8 Å². The van der Waals surface area contributed by atoms with E-state index in [0.29, 0.717) is 6.04 Å². The molecule has 0 radical (unpaired) electrons. The molecular weight excluding hydrogens is 154 g/mol. The maximum atomic E-state index is 10.9. The van der Waals surface area contributed by atoms with Crippen LogP contribution in [-0.4, -0.2) is 41.0 Å². The number of aliphatic hydroxyl groups excluding tert-OH is 1. The fourth-order valence-electron chi connectivity index (χ4n) is 2.03. The van der Waals surface area contributed by atoms with E-state index in [0.717, 1.165) is 25.7 Å². The van der Waals surface area contributed by atoms with Gasteiger partial charge in [0.25, 0.3) is 0 Å². The Kier molecular flexibility index (Phi) is 2.85. The quantitative estimate of drug-likeness (QED) is 0.626. The molecule has 0 aromatic rings. The van der Waals surface area contributed by atoms with Gasteiger partial charge in [0.05, 0.1) is 6.61 Å². The van der Waals surface area contributed by atoms with Crippen LogP contribution in [0.5, 0.6) is 0 Å². The fourth-order valence-corrected chi connectivity index (χ4v) is 2.03. The second-order valence-electron chi connectivity index (χ2n) is 3.77. The van der Waals surface area contributed by atoms with Gasteiger partial charge in [-0.25, -0.2) is 0 Å². The monoisotopic (exact) mass is 171 g/mol. The van der Waals surface area contributed by atoms with Crippen molar-refractivity contribution >= 4 is 6.29 Å². The highest BCUT2D eigenvalue weighted by Gasteiger charge is 2.41. The molecule has 3 heteroatoms. The largest absolute Gasteiger partial charge is 0.394 e. The van der Waals surface area contributed by atoms with Gasteiger partial charge in [0.15, 0.2) is 0 Å². The van der Waals surface area contributed by atoms with E-state index in [1.165, 1.54) is 0 Å². The van der Waals surface area contributed by atoms with Crippen LogP contribution in [0, 0.1) is 0 Å². The Bertz CT molecular complexity index is 170. The van der Waals surface area contributed by atoms with Crippen LogP contribution in [-0.2, 0) is 4.79 Å². The van der Waals surface area contributed by atoms with Crippen molar-refractivity contribution in [3.8, 4) is 0 Å². The Hall–Kier alpha value is -0.410. The smallest absolute Gasteiger partial charge is 0.142 e. The van der Waals surface area contributed by atoms with Gasteiger partial charge in [-0.3, -0.25) is 4.90 Å². The third kappa shape index (κ3) is 1.39. The predicted octanol–water partition coefficient (Wildman–Crippen LogP) is 0.421. The fraction of sp³-hybridized carbons (Fsp3) is 0.889. The summed E-state index contributed by atoms with van der Waals surface area (Å²) < 4.78 is 0. The maximum absolute atomic E-state index is 10.9. The van der Waals surface area contributed by atoms with Gasteiger partial charge in [0, 0.05) is 6.04 Å². The van der Waals surface area contributed by atoms with E-state index in [2.05, 4.69) is 18.7 Å². The van der Waals surface area contributed by atoms with E-state index in [1.54, 1.807) is 0 Å². The van der Waals surface area contributed by atoms with Crippen LogP contribution in [0.25, 0.3) is 0 Å². The van der Waals surface area contributed by atoms with Crippen LogP contribution in [0.15, 0.2) is 0 Å². The summed E-state index contributed by atoms with van der Waals surface area (Å²) in [5, 5.41) is 9.16. The molecule has 1 fully saturated rings. The van der Waals surface area contributed by atoms with Gasteiger partial charge < -0.3 is 9.90 Å². The summed E-state index contributed by atoms with van der Waals surface area (Å²) in [7, 11) is 0. The molecule has 1 aliphatic rings. The minimum Gasteiger partial charge on any atom is -0.394 e. The molecule has 70 valence electrons. The molecule has 0 amide bonds. The summed E-state index contributed by atoms with van der Waals surface area (Å²) >= 11 is 0. The molecule has 0 spiro atoms. The summed E-state index contributed by atoms with van der Waals surface area (Å²) in [4.78, 5) is 13.0. The van der Waals surface area contributed by atoms with E-state index in [1.807, 2.05) is 0 Å². The van der Waals surface area contributed by atoms with Crippen LogP contribution in [0.4, 0.5) is 0 Å². The average Bonchev–Trinajstić information content (AvgIpc) is 2.48. The van der Waals surface area contributed by atoms with Crippen LogP contribution >= 0.6 is 0 Å². The summed E-state index contributed by atoms with van der Waals surface area (Å²) in [6.07, 6.45) is 2.71. The van der Waals surface area contributed by atoms with E-state index in [4.69, 9.17) is 5.11 Å². The third-order valence-electron chi connectivity index (χ3n) is 2.70. The van der Waals surface area contributed by atoms with Crippen molar-refractivity contribution in [1.29, 1.82) is 0 Å². The van der Waals surface area contributed by atoms with Gasteiger partial charge in [-0.2, -0.15) is 0 Å². The van der Waals surface area contributed by atoms with Gasteiger partial charge >= 0.3 is 0 Å². The first-order valence-corrected chi connectivity index (χ1v) is 4.50. The second-order valence-corrected chi connectivity index (χ2v) is 3.77. The van der Waals surface area contributed by atoms with Crippen molar-refractivity contribution in [3.63, 3.8) is 0 Å². The highest BCUT2D eigenvalue weighted by Crippen LogP contribution is 2.28. The van der Waals surface area contributed by atoms with Gasteiger partial charge in [-0.15, -0.1) is 0 Å². The Morgan fingerprint density at radius 3 is 2.67 bits per heavy atom. The maximum Gasteiger partial charge on any atom is 0.142 e. The number of carbonyl (C=O) groups excluding carboxylic acids is 1. The van der Waals surface area contributed by atoms with Crippen molar-refractivity contribution in [2.24, 2.45) is 0 Å². The zero-order valence-electron chi connectivity index (χ0n) is 7.79. The number of hydrogen-bond acceptors (Lipinski definition) is 3. The van der Waals surface area contributed by atoms with E-state index < -0.39 is 5.54 Å². The molecular formula is C9H17NO2. The Balaban J connectivity index is 2.78. The predicted molar refractivity (Wildman–Crippen MR) is 47.0 cm³/mol. The summed E-state index contributed by atoms with van der Waals surface area (Å²) in [6, 6.07) is 0.338. The average molecular weight is 171 g/mol. The highest BCUT2D eigenvalue weighted by atomic mass is 16.3. The Labute approximate surface area is 73.4 Å². The number of aldehydes is 1. The molecule has 0 aromatic heterocycles. The number of carbonyl (C=O) groups is 1. The van der Waals surface area contributed by atoms with Crippen LogP contribution in [0.1, 0.15) is 26.7 Å². The van der Waals surface area contributed by atoms with E-state index in [-0.39, 0.29) is 6.61 Å². The topological polar surface area (TPSA) is 40.5 Å². The van der Waals surface area contributed by atoms with Crippen molar-refractivity contribution in [1.82, 2.24) is 4.90 Å². The molecule has 1 atom stereocenters. The lowest BCUT2D eigenvalue weighted by Gasteiger charge is -2.34. The Morgan fingerprint density at radius 1 is 1.67 bits per heavy atom. The first kappa shape index (κ1) is 9.68. The number of aliphatic hydroxyl groups is 1. The molecule has 0 saturated carbocycles. The number of likely N-dealkylation sites (tertiary alicyclic amines) is 1. The lowest BCUT2D eigenvalue weighted by molar-refractivity contribution is -0.120. The molecule has 1 aliphatic heterocycles. The van der Waals surface area contributed by atoms with Crippen LogP contribution in [0.3, 0.4) is 0 Å². The standard InChI is InChI=1S/C9H17NO2/c1-8(2)10-5-3-4-9(10,6-11)7-12/h6,8,12H,3-5,7H2,1-2H3. The lowest BCUT2D eigenvalue weighted by atomic mass is 9.98. The molecule has 0 bridgehead atoms. The number of rotatable bonds is 3. The van der Waals surface area contributed by atoms with Gasteiger partial charge in [-0.05, 0) is 33.2 Å². The highest BCUT2D eigenvalue weighted by molar-refractivity contribution is 5.65. The number of nitrogens with zero attached hydrogens (tertiary/aromatic N) is 1. The summed E-state index contributed by atoms with van der Waals surface area (Å²) in [5.41, 5.74) is -0.575. The molecule has 12 heavy (non-hydrogen) atoms. The second kappa shape index (κ2) is 3.54. The minimum absolute atomic E-state index is 0.0469. The van der Waals surface area contributed by atoms with Crippen molar-refractivity contribution in [3.05, 3.63) is 0 Å². The van der Waals surface area contributed by atoms with Crippen molar-refractivity contribution < 1.29 is 9.90 Å². The zero-order chi connectivity index (χ0) is 9.19. The molecule has 1 rings (SSSR count). The molecule has 1 heterocycles. The summed E-state index contributed by atoms with van der Waals surface area (Å²) in [5.74, 6) is 0. The zero-order valence-corrected chi connectivity index (χ0v) is 7.79. The SMILES string of the molecule is CC(C)N1CCCC1(C=O)CO. The molecule has 1 unspecified atom stereocenters.